The van der Waals surface area contributed by atoms with Crippen LogP contribution in [0.25, 0.3) is 11.1 Å². The zero-order chi connectivity index (χ0) is 21.8. The van der Waals surface area contributed by atoms with Crippen molar-refractivity contribution in [3.8, 4) is 22.6 Å². The predicted octanol–water partition coefficient (Wildman–Crippen LogP) is 6.10. The van der Waals surface area contributed by atoms with Crippen molar-refractivity contribution >= 4 is 14.6 Å². The lowest BCUT2D eigenvalue weighted by Crippen LogP contribution is -2.43. The zero-order valence-electron chi connectivity index (χ0n) is 18.3. The molecular weight excluding hydrogens is 387 g/mol. The Hall–Kier alpha value is -2.18. The minimum Gasteiger partial charge on any atom is -0.497 e. The molecule has 29 heavy (non-hydrogen) atoms. The molecule has 0 saturated carbocycles. The van der Waals surface area contributed by atoms with Crippen molar-refractivity contribution in [2.24, 2.45) is 0 Å². The Morgan fingerprint density at radius 2 is 1.79 bits per heavy atom. The molecule has 0 radical (unpaired) electrons. The molecule has 1 unspecified atom stereocenters. The van der Waals surface area contributed by atoms with Gasteiger partial charge in [-0.15, -0.1) is 0 Å². The summed E-state index contributed by atoms with van der Waals surface area (Å²) in [5, 5.41) is 0.0963. The van der Waals surface area contributed by atoms with Crippen molar-refractivity contribution in [2.45, 2.75) is 51.9 Å². The minimum atomic E-state index is -1.91. The molecule has 0 bridgehead atoms. The van der Waals surface area contributed by atoms with Gasteiger partial charge in [0.15, 0.2) is 8.32 Å². The molecule has 0 aliphatic carbocycles. The van der Waals surface area contributed by atoms with E-state index in [2.05, 4.69) is 33.9 Å². The van der Waals surface area contributed by atoms with E-state index in [1.807, 2.05) is 6.92 Å². The van der Waals surface area contributed by atoms with Gasteiger partial charge in [-0.25, -0.2) is 4.39 Å². The van der Waals surface area contributed by atoms with Gasteiger partial charge in [-0.1, -0.05) is 26.8 Å². The monoisotopic (exact) mass is 418 g/mol. The van der Waals surface area contributed by atoms with Crippen LogP contribution in [0.1, 0.15) is 38.1 Å². The van der Waals surface area contributed by atoms with Crippen LogP contribution in [0.4, 0.5) is 4.39 Å². The number of hydrogen-bond donors (Lipinski definition) is 0. The summed E-state index contributed by atoms with van der Waals surface area (Å²) in [7, 11) is -0.382. The topological polar surface area (TPSA) is 44.8 Å². The van der Waals surface area contributed by atoms with Gasteiger partial charge >= 0.3 is 0 Å². The Labute approximate surface area is 174 Å². The van der Waals surface area contributed by atoms with Crippen LogP contribution >= 0.6 is 0 Å². The van der Waals surface area contributed by atoms with Crippen molar-refractivity contribution in [2.75, 3.05) is 13.7 Å². The van der Waals surface area contributed by atoms with Gasteiger partial charge in [0.25, 0.3) is 0 Å². The molecule has 6 heteroatoms. The molecule has 0 aromatic heterocycles. The van der Waals surface area contributed by atoms with Crippen LogP contribution in [0.2, 0.25) is 18.1 Å². The normalized spacial score (nSPS) is 13.1. The van der Waals surface area contributed by atoms with E-state index in [-0.39, 0.29) is 17.0 Å². The van der Waals surface area contributed by atoms with Gasteiger partial charge in [-0.3, -0.25) is 4.79 Å². The lowest BCUT2D eigenvalue weighted by atomic mass is 10.0. The van der Waals surface area contributed by atoms with E-state index in [9.17, 15) is 9.18 Å². The van der Waals surface area contributed by atoms with Gasteiger partial charge in [0.2, 0.25) is 0 Å². The van der Waals surface area contributed by atoms with Gasteiger partial charge in [0.05, 0.1) is 13.7 Å². The molecule has 2 aromatic carbocycles. The molecule has 0 aliphatic heterocycles. The first-order valence-electron chi connectivity index (χ1n) is 9.72. The second-order valence-corrected chi connectivity index (χ2v) is 13.5. The summed E-state index contributed by atoms with van der Waals surface area (Å²) in [4.78, 5) is 11.3. The third-order valence-electron chi connectivity index (χ3n) is 5.42. The molecule has 0 heterocycles. The summed E-state index contributed by atoms with van der Waals surface area (Å²) in [6.07, 6.45) is 0.480. The molecule has 2 rings (SSSR count). The van der Waals surface area contributed by atoms with Crippen LogP contribution in [0.15, 0.2) is 36.4 Å². The van der Waals surface area contributed by atoms with Crippen molar-refractivity contribution in [3.63, 3.8) is 0 Å². The number of rotatable bonds is 8. The molecule has 0 amide bonds. The number of benzene rings is 2. The first-order valence-corrected chi connectivity index (χ1v) is 12.6. The fourth-order valence-electron chi connectivity index (χ4n) is 2.56. The largest absolute Gasteiger partial charge is 0.497 e. The molecule has 158 valence electrons. The molecule has 4 nitrogen and oxygen atoms in total. The number of halogens is 1. The molecule has 1 atom stereocenters. The van der Waals surface area contributed by atoms with E-state index in [1.165, 1.54) is 13.2 Å². The summed E-state index contributed by atoms with van der Waals surface area (Å²) in [5.41, 5.74) is 1.38. The Bertz CT molecular complexity index is 858. The second kappa shape index (κ2) is 9.09. The Kier molecular flexibility index (Phi) is 7.24. The van der Waals surface area contributed by atoms with Crippen LogP contribution in [0, 0.1) is 5.82 Å². The van der Waals surface area contributed by atoms with Crippen molar-refractivity contribution in [1.82, 2.24) is 0 Å². The molecule has 0 aliphatic rings. The molecule has 0 saturated heterocycles. The van der Waals surface area contributed by atoms with Gasteiger partial charge in [0.1, 0.15) is 29.7 Å². The quantitative estimate of drug-likeness (QED) is 0.384. The van der Waals surface area contributed by atoms with Crippen LogP contribution in [-0.2, 0) is 4.43 Å². The summed E-state index contributed by atoms with van der Waals surface area (Å²) in [6, 6.07) is 9.51. The Morgan fingerprint density at radius 3 is 2.38 bits per heavy atom. The molecule has 0 spiro atoms. The summed E-state index contributed by atoms with van der Waals surface area (Å²) >= 11 is 0. The summed E-state index contributed by atoms with van der Waals surface area (Å²) in [5.74, 6) is 0.592. The summed E-state index contributed by atoms with van der Waals surface area (Å²) in [6.45, 7) is 13.2. The van der Waals surface area contributed by atoms with Crippen molar-refractivity contribution in [1.29, 1.82) is 0 Å². The van der Waals surface area contributed by atoms with E-state index >= 15 is 0 Å². The first-order chi connectivity index (χ1) is 13.5. The fourth-order valence-corrected chi connectivity index (χ4v) is 3.65. The number of hydrogen-bond acceptors (Lipinski definition) is 4. The molecule has 2 aromatic rings. The number of methoxy groups -OCH3 is 1. The number of carbonyl (C=O) groups excluding carboxylic acids is 1. The highest BCUT2D eigenvalue weighted by Gasteiger charge is 2.37. The van der Waals surface area contributed by atoms with Gasteiger partial charge in [-0.05, 0) is 55.4 Å². The third kappa shape index (κ3) is 5.67. The number of ether oxygens (including phenoxy) is 2. The van der Waals surface area contributed by atoms with E-state index in [4.69, 9.17) is 13.9 Å². The predicted molar refractivity (Wildman–Crippen MR) is 117 cm³/mol. The van der Waals surface area contributed by atoms with E-state index in [0.717, 1.165) is 6.29 Å². The van der Waals surface area contributed by atoms with E-state index in [0.29, 0.717) is 34.8 Å². The Balaban J connectivity index is 2.31. The maximum absolute atomic E-state index is 14.5. The van der Waals surface area contributed by atoms with Crippen LogP contribution in [-0.4, -0.2) is 34.4 Å². The number of carbonyl (C=O) groups is 1. The molecule has 0 N–H and O–H groups in total. The zero-order valence-corrected chi connectivity index (χ0v) is 19.3. The summed E-state index contributed by atoms with van der Waals surface area (Å²) < 4.78 is 32.1. The molecular formula is C23H31FO4Si. The SMILES string of the molecule is COc1ccc(F)c(-c2ccc(C=O)cc2OC(C)CO[Si](C)(C)C(C)(C)C)c1. The maximum Gasteiger partial charge on any atom is 0.192 e. The Morgan fingerprint density at radius 1 is 1.10 bits per heavy atom. The maximum atomic E-state index is 14.5. The van der Waals surface area contributed by atoms with Crippen LogP contribution in [0.5, 0.6) is 11.5 Å². The third-order valence-corrected chi connectivity index (χ3v) is 9.92. The van der Waals surface area contributed by atoms with E-state index in [1.54, 1.807) is 30.3 Å². The second-order valence-electron chi connectivity index (χ2n) is 8.72. The van der Waals surface area contributed by atoms with E-state index < -0.39 is 8.32 Å². The fraction of sp³-hybridized carbons (Fsp3) is 0.435. The van der Waals surface area contributed by atoms with Gasteiger partial charge in [-0.2, -0.15) is 0 Å². The standard InChI is InChI=1S/C23H31FO4Si/c1-16(15-27-29(6,7)23(2,3)4)28-22-12-17(14-25)8-10-19(22)20-13-18(26-5)9-11-21(20)24/h8-14,16H,15H2,1-7H3. The average molecular weight is 419 g/mol. The van der Waals surface area contributed by atoms with Gasteiger partial charge in [0, 0.05) is 16.7 Å². The van der Waals surface area contributed by atoms with Crippen LogP contribution in [0.3, 0.4) is 0 Å². The lowest BCUT2D eigenvalue weighted by molar-refractivity contribution is 0.112. The first kappa shape index (κ1) is 23.1. The smallest absolute Gasteiger partial charge is 0.192 e. The highest BCUT2D eigenvalue weighted by Crippen LogP contribution is 2.38. The van der Waals surface area contributed by atoms with Crippen molar-refractivity contribution in [3.05, 3.63) is 47.8 Å². The van der Waals surface area contributed by atoms with Gasteiger partial charge < -0.3 is 13.9 Å². The molecule has 0 fully saturated rings. The highest BCUT2D eigenvalue weighted by atomic mass is 28.4. The number of aldehydes is 1. The minimum absolute atomic E-state index is 0.0963. The van der Waals surface area contributed by atoms with Crippen LogP contribution < -0.4 is 9.47 Å². The lowest BCUT2D eigenvalue weighted by Gasteiger charge is -2.37. The average Bonchev–Trinajstić information content (AvgIpc) is 2.66. The highest BCUT2D eigenvalue weighted by molar-refractivity contribution is 6.74. The van der Waals surface area contributed by atoms with Crippen molar-refractivity contribution < 1.29 is 23.1 Å².